The minimum atomic E-state index is -0.597. The van der Waals surface area contributed by atoms with Crippen LogP contribution in [0.4, 0.5) is 4.79 Å². The molecule has 1 amide bonds. The van der Waals surface area contributed by atoms with Crippen LogP contribution in [-0.4, -0.2) is 42.2 Å². The summed E-state index contributed by atoms with van der Waals surface area (Å²) in [4.78, 5) is 11.2. The highest BCUT2D eigenvalue weighted by Gasteiger charge is 2.26. The summed E-state index contributed by atoms with van der Waals surface area (Å²) < 4.78 is 10.00. The van der Waals surface area contributed by atoms with Crippen molar-refractivity contribution in [3.8, 4) is 0 Å². The Morgan fingerprint density at radius 2 is 2.13 bits per heavy atom. The number of hydrogen-bond acceptors (Lipinski definition) is 5. The van der Waals surface area contributed by atoms with Crippen LogP contribution in [0, 0.1) is 0 Å². The molecule has 1 rings (SSSR count). The van der Waals surface area contributed by atoms with E-state index in [1.165, 1.54) is 0 Å². The molecule has 0 aliphatic carbocycles. The molecule has 15 heavy (non-hydrogen) atoms. The van der Waals surface area contributed by atoms with Crippen LogP contribution in [-0.2, 0) is 9.47 Å². The van der Waals surface area contributed by atoms with Gasteiger partial charge in [0.05, 0.1) is 25.4 Å². The second kappa shape index (κ2) is 4.78. The number of carbonyl (C=O) groups is 1. The van der Waals surface area contributed by atoms with Crippen molar-refractivity contribution in [2.24, 2.45) is 0 Å². The van der Waals surface area contributed by atoms with Crippen molar-refractivity contribution in [2.75, 3.05) is 13.2 Å². The van der Waals surface area contributed by atoms with Gasteiger partial charge in [0.2, 0.25) is 0 Å². The molecule has 1 aliphatic heterocycles. The molecule has 2 unspecified atom stereocenters. The molecule has 88 valence electrons. The lowest BCUT2D eigenvalue weighted by Crippen LogP contribution is -2.50. The van der Waals surface area contributed by atoms with Crippen LogP contribution in [0.25, 0.3) is 0 Å². The molecule has 1 saturated heterocycles. The second-order valence-electron chi connectivity index (χ2n) is 4.48. The van der Waals surface area contributed by atoms with E-state index in [-0.39, 0.29) is 12.6 Å². The van der Waals surface area contributed by atoms with Gasteiger partial charge in [-0.1, -0.05) is 0 Å². The summed E-state index contributed by atoms with van der Waals surface area (Å²) in [5.41, 5.74) is 4.48. The summed E-state index contributed by atoms with van der Waals surface area (Å²) in [5, 5.41) is 9.35. The van der Waals surface area contributed by atoms with Crippen LogP contribution >= 0.6 is 0 Å². The third-order valence-corrected chi connectivity index (χ3v) is 1.81. The molecule has 1 aliphatic rings. The number of hydrogen-bond donors (Lipinski definition) is 3. The lowest BCUT2D eigenvalue weighted by atomic mass is 10.2. The van der Waals surface area contributed by atoms with Crippen LogP contribution in [0.3, 0.4) is 0 Å². The zero-order valence-electron chi connectivity index (χ0n) is 9.24. The maximum absolute atomic E-state index is 11.2. The Bertz CT molecular complexity index is 227. The molecule has 6 heteroatoms. The SMILES string of the molecule is CC(C)(C)OC(=O)NNC1COCC1O. The maximum Gasteiger partial charge on any atom is 0.422 e. The van der Waals surface area contributed by atoms with Crippen LogP contribution in [0.15, 0.2) is 0 Å². The van der Waals surface area contributed by atoms with Gasteiger partial charge >= 0.3 is 6.09 Å². The Kier molecular flexibility index (Phi) is 3.90. The van der Waals surface area contributed by atoms with Gasteiger partial charge in [0.15, 0.2) is 0 Å². The molecule has 0 spiro atoms. The summed E-state index contributed by atoms with van der Waals surface area (Å²) in [6, 6.07) is -0.280. The average Bonchev–Trinajstić information content (AvgIpc) is 2.44. The zero-order chi connectivity index (χ0) is 11.5. The third-order valence-electron chi connectivity index (χ3n) is 1.81. The number of carbonyl (C=O) groups excluding carboxylic acids is 1. The van der Waals surface area contributed by atoms with Gasteiger partial charge in [-0.2, -0.15) is 0 Å². The van der Waals surface area contributed by atoms with Gasteiger partial charge in [-0.05, 0) is 20.8 Å². The van der Waals surface area contributed by atoms with Crippen LogP contribution < -0.4 is 10.9 Å². The van der Waals surface area contributed by atoms with E-state index in [0.29, 0.717) is 6.61 Å². The smallest absolute Gasteiger partial charge is 0.422 e. The Morgan fingerprint density at radius 3 is 2.60 bits per heavy atom. The molecule has 0 radical (unpaired) electrons. The van der Waals surface area contributed by atoms with Crippen molar-refractivity contribution in [3.63, 3.8) is 0 Å². The van der Waals surface area contributed by atoms with Crippen molar-refractivity contribution in [2.45, 2.75) is 38.5 Å². The molecule has 1 fully saturated rings. The zero-order valence-corrected chi connectivity index (χ0v) is 9.24. The number of ether oxygens (including phenoxy) is 2. The molecule has 0 bridgehead atoms. The Labute approximate surface area is 88.9 Å². The van der Waals surface area contributed by atoms with Crippen molar-refractivity contribution in [3.05, 3.63) is 0 Å². The molecule has 0 aromatic heterocycles. The topological polar surface area (TPSA) is 79.8 Å². The lowest BCUT2D eigenvalue weighted by Gasteiger charge is -2.21. The van der Waals surface area contributed by atoms with Gasteiger partial charge in [0, 0.05) is 0 Å². The molecular weight excluding hydrogens is 200 g/mol. The van der Waals surface area contributed by atoms with Gasteiger partial charge in [0.25, 0.3) is 0 Å². The lowest BCUT2D eigenvalue weighted by molar-refractivity contribution is 0.0470. The third kappa shape index (κ3) is 4.46. The normalized spacial score (nSPS) is 26.4. The molecule has 0 saturated carbocycles. The number of amides is 1. The van der Waals surface area contributed by atoms with Crippen LogP contribution in [0.5, 0.6) is 0 Å². The van der Waals surface area contributed by atoms with E-state index in [4.69, 9.17) is 9.47 Å². The fourth-order valence-corrected chi connectivity index (χ4v) is 1.14. The summed E-state index contributed by atoms with van der Waals surface area (Å²) in [5.74, 6) is 0. The highest BCUT2D eigenvalue weighted by molar-refractivity contribution is 5.67. The summed E-state index contributed by atoms with van der Waals surface area (Å²) in [7, 11) is 0. The summed E-state index contributed by atoms with van der Waals surface area (Å²) in [6.07, 6.45) is -1.17. The number of nitrogens with one attached hydrogen (secondary N) is 2. The molecule has 1 heterocycles. The average molecular weight is 218 g/mol. The van der Waals surface area contributed by atoms with Crippen LogP contribution in [0.2, 0.25) is 0 Å². The Morgan fingerprint density at radius 1 is 1.47 bits per heavy atom. The molecule has 0 aromatic rings. The minimum absolute atomic E-state index is 0.280. The van der Waals surface area contributed by atoms with Crippen molar-refractivity contribution in [1.82, 2.24) is 10.9 Å². The van der Waals surface area contributed by atoms with Gasteiger partial charge in [-0.25, -0.2) is 10.2 Å². The van der Waals surface area contributed by atoms with E-state index in [9.17, 15) is 9.90 Å². The van der Waals surface area contributed by atoms with Crippen molar-refractivity contribution >= 4 is 6.09 Å². The molecule has 3 N–H and O–H groups in total. The highest BCUT2D eigenvalue weighted by Crippen LogP contribution is 2.07. The predicted octanol–water partition coefficient (Wildman–Crippen LogP) is -0.225. The first-order chi connectivity index (χ1) is 6.88. The second-order valence-corrected chi connectivity index (χ2v) is 4.48. The fraction of sp³-hybridized carbons (Fsp3) is 0.889. The first kappa shape index (κ1) is 12.2. The standard InChI is InChI=1S/C9H18N2O4/c1-9(2,3)15-8(13)11-10-6-4-14-5-7(6)12/h6-7,10,12H,4-5H2,1-3H3,(H,11,13). The van der Waals surface area contributed by atoms with Gasteiger partial charge in [0.1, 0.15) is 5.60 Å². The Balaban J connectivity index is 2.22. The van der Waals surface area contributed by atoms with Gasteiger partial charge < -0.3 is 14.6 Å². The van der Waals surface area contributed by atoms with E-state index < -0.39 is 17.8 Å². The van der Waals surface area contributed by atoms with Gasteiger partial charge in [-0.15, -0.1) is 0 Å². The molecule has 0 aromatic carbocycles. The first-order valence-electron chi connectivity index (χ1n) is 4.89. The summed E-state index contributed by atoms with van der Waals surface area (Å²) >= 11 is 0. The molecule has 2 atom stereocenters. The van der Waals surface area contributed by atoms with Crippen LogP contribution in [0.1, 0.15) is 20.8 Å². The highest BCUT2D eigenvalue weighted by atomic mass is 16.6. The Hall–Kier alpha value is -0.850. The van der Waals surface area contributed by atoms with E-state index in [2.05, 4.69) is 10.9 Å². The van der Waals surface area contributed by atoms with Gasteiger partial charge in [-0.3, -0.25) is 5.43 Å². The quantitative estimate of drug-likeness (QED) is 0.558. The fourth-order valence-electron chi connectivity index (χ4n) is 1.14. The van der Waals surface area contributed by atoms with E-state index >= 15 is 0 Å². The summed E-state index contributed by atoms with van der Waals surface area (Å²) in [6.45, 7) is 5.99. The first-order valence-corrected chi connectivity index (χ1v) is 4.89. The maximum atomic E-state index is 11.2. The van der Waals surface area contributed by atoms with E-state index in [1.807, 2.05) is 0 Å². The van der Waals surface area contributed by atoms with E-state index in [0.717, 1.165) is 0 Å². The number of aliphatic hydroxyl groups is 1. The van der Waals surface area contributed by atoms with Crippen molar-refractivity contribution in [1.29, 1.82) is 0 Å². The monoisotopic (exact) mass is 218 g/mol. The number of aliphatic hydroxyl groups excluding tert-OH is 1. The molecule has 6 nitrogen and oxygen atoms in total. The number of rotatable bonds is 2. The largest absolute Gasteiger partial charge is 0.443 e. The van der Waals surface area contributed by atoms with Crippen molar-refractivity contribution < 1.29 is 19.4 Å². The van der Waals surface area contributed by atoms with E-state index in [1.54, 1.807) is 20.8 Å². The minimum Gasteiger partial charge on any atom is -0.443 e. The number of hydrazine groups is 1. The molecular formula is C9H18N2O4. The predicted molar refractivity (Wildman–Crippen MR) is 53.1 cm³/mol.